The van der Waals surface area contributed by atoms with Crippen molar-refractivity contribution in [2.45, 2.75) is 26.8 Å². The molecule has 6 nitrogen and oxygen atoms in total. The number of hydrogen-bond donors (Lipinski definition) is 3. The van der Waals surface area contributed by atoms with Crippen molar-refractivity contribution >= 4 is 29.2 Å². The number of aromatic nitrogens is 1. The molecule has 0 aromatic carbocycles. The molecule has 1 aromatic heterocycles. The molecular formula is C13H19ClN4O2. The van der Waals surface area contributed by atoms with E-state index in [2.05, 4.69) is 20.9 Å². The number of likely N-dealkylation sites (N-methyl/N-ethyl adjacent to an activating group) is 1. The Morgan fingerprint density at radius 1 is 1.35 bits per heavy atom. The van der Waals surface area contributed by atoms with E-state index in [9.17, 15) is 9.59 Å². The van der Waals surface area contributed by atoms with Gasteiger partial charge in [-0.15, -0.1) is 0 Å². The number of amides is 2. The summed E-state index contributed by atoms with van der Waals surface area (Å²) in [6.45, 7) is 6.55. The molecule has 1 unspecified atom stereocenters. The molecule has 110 valence electrons. The summed E-state index contributed by atoms with van der Waals surface area (Å²) in [5.74, 6) is -0.0824. The fraction of sp³-hybridized carbons (Fsp3) is 0.462. The molecule has 0 aliphatic heterocycles. The molecule has 1 aromatic rings. The van der Waals surface area contributed by atoms with Crippen molar-refractivity contribution in [1.29, 1.82) is 0 Å². The fourth-order valence-electron chi connectivity index (χ4n) is 1.56. The van der Waals surface area contributed by atoms with Crippen LogP contribution in [0.2, 0.25) is 5.02 Å². The molecule has 0 aliphatic carbocycles. The molecule has 1 heterocycles. The highest BCUT2D eigenvalue weighted by Gasteiger charge is 2.18. The lowest BCUT2D eigenvalue weighted by molar-refractivity contribution is -0.122. The maximum Gasteiger partial charge on any atom is 0.253 e. The lowest BCUT2D eigenvalue weighted by Gasteiger charge is -2.14. The second-order valence-electron chi connectivity index (χ2n) is 4.17. The number of anilines is 1. The quantitative estimate of drug-likeness (QED) is 0.742. The van der Waals surface area contributed by atoms with E-state index in [1.54, 1.807) is 13.0 Å². The van der Waals surface area contributed by atoms with E-state index in [-0.39, 0.29) is 16.5 Å². The van der Waals surface area contributed by atoms with Gasteiger partial charge >= 0.3 is 0 Å². The molecule has 0 bridgehead atoms. The minimum atomic E-state index is -0.630. The van der Waals surface area contributed by atoms with Crippen LogP contribution >= 0.6 is 11.6 Å². The number of halogens is 1. The third kappa shape index (κ3) is 4.38. The minimum Gasteiger partial charge on any atom is -0.370 e. The van der Waals surface area contributed by atoms with E-state index < -0.39 is 11.9 Å². The van der Waals surface area contributed by atoms with Crippen LogP contribution < -0.4 is 16.0 Å². The number of pyridine rings is 1. The van der Waals surface area contributed by atoms with Crippen molar-refractivity contribution < 1.29 is 9.59 Å². The first-order valence-electron chi connectivity index (χ1n) is 6.47. The Kier molecular flexibility index (Phi) is 6.24. The summed E-state index contributed by atoms with van der Waals surface area (Å²) in [5.41, 5.74) is 0.286. The zero-order chi connectivity index (χ0) is 15.1. The van der Waals surface area contributed by atoms with Gasteiger partial charge in [-0.05, 0) is 26.8 Å². The minimum absolute atomic E-state index is 0.238. The van der Waals surface area contributed by atoms with E-state index in [1.165, 1.54) is 6.20 Å². The summed E-state index contributed by atoms with van der Waals surface area (Å²) in [7, 11) is 0. The number of nitrogens with zero attached hydrogens (tertiary/aromatic N) is 1. The molecule has 0 spiro atoms. The van der Waals surface area contributed by atoms with Gasteiger partial charge in [-0.25, -0.2) is 4.98 Å². The van der Waals surface area contributed by atoms with Crippen LogP contribution in [0.5, 0.6) is 0 Å². The molecule has 7 heteroatoms. The zero-order valence-electron chi connectivity index (χ0n) is 11.8. The number of rotatable bonds is 6. The van der Waals surface area contributed by atoms with Gasteiger partial charge in [0.1, 0.15) is 11.9 Å². The number of hydrogen-bond acceptors (Lipinski definition) is 4. The van der Waals surface area contributed by atoms with Crippen LogP contribution in [0.15, 0.2) is 12.3 Å². The van der Waals surface area contributed by atoms with Gasteiger partial charge in [-0.1, -0.05) is 11.6 Å². The van der Waals surface area contributed by atoms with Gasteiger partial charge in [-0.2, -0.15) is 0 Å². The number of nitrogens with one attached hydrogen (secondary N) is 3. The number of carbonyl (C=O) groups is 2. The second kappa shape index (κ2) is 7.69. The Morgan fingerprint density at radius 2 is 2.05 bits per heavy atom. The summed E-state index contributed by atoms with van der Waals surface area (Å²) in [4.78, 5) is 27.7. The third-order valence-corrected chi connectivity index (χ3v) is 2.85. The fourth-order valence-corrected chi connectivity index (χ4v) is 1.75. The monoisotopic (exact) mass is 298 g/mol. The van der Waals surface area contributed by atoms with Crippen LogP contribution in [-0.4, -0.2) is 35.9 Å². The van der Waals surface area contributed by atoms with Gasteiger partial charge in [0.25, 0.3) is 5.91 Å². The Labute approximate surface area is 123 Å². The van der Waals surface area contributed by atoms with E-state index in [4.69, 9.17) is 11.6 Å². The average Bonchev–Trinajstić information content (AvgIpc) is 2.41. The molecule has 2 amide bonds. The van der Waals surface area contributed by atoms with E-state index >= 15 is 0 Å². The summed E-state index contributed by atoms with van der Waals surface area (Å²) in [6, 6.07) is 0.931. The Bertz CT molecular complexity index is 493. The lowest BCUT2D eigenvalue weighted by atomic mass is 10.2. The van der Waals surface area contributed by atoms with Gasteiger partial charge in [0.05, 0.1) is 10.6 Å². The largest absolute Gasteiger partial charge is 0.370 e. The molecule has 0 radical (unpaired) electrons. The van der Waals surface area contributed by atoms with Crippen molar-refractivity contribution in [2.24, 2.45) is 0 Å². The highest BCUT2D eigenvalue weighted by molar-refractivity contribution is 6.33. The van der Waals surface area contributed by atoms with Crippen molar-refractivity contribution in [3.63, 3.8) is 0 Å². The molecule has 0 saturated heterocycles. The smallest absolute Gasteiger partial charge is 0.253 e. The predicted molar refractivity (Wildman–Crippen MR) is 79.0 cm³/mol. The highest BCUT2D eigenvalue weighted by atomic mass is 35.5. The van der Waals surface area contributed by atoms with Gasteiger partial charge < -0.3 is 16.0 Å². The predicted octanol–water partition coefficient (Wildman–Crippen LogP) is 1.42. The Morgan fingerprint density at radius 3 is 2.65 bits per heavy atom. The normalized spacial score (nSPS) is 11.6. The first-order valence-corrected chi connectivity index (χ1v) is 6.85. The highest BCUT2D eigenvalue weighted by Crippen LogP contribution is 2.18. The summed E-state index contributed by atoms with van der Waals surface area (Å²) in [5, 5.41) is 8.48. The van der Waals surface area contributed by atoms with Gasteiger partial charge in [0.2, 0.25) is 5.91 Å². The van der Waals surface area contributed by atoms with Crippen molar-refractivity contribution in [3.05, 3.63) is 22.8 Å². The topological polar surface area (TPSA) is 83.1 Å². The Balaban J connectivity index is 2.81. The molecule has 1 atom stereocenters. The first kappa shape index (κ1) is 16.2. The molecule has 20 heavy (non-hydrogen) atoms. The third-order valence-electron chi connectivity index (χ3n) is 2.55. The first-order chi connectivity index (χ1) is 9.49. The van der Waals surface area contributed by atoms with Crippen LogP contribution in [0, 0.1) is 0 Å². The average molecular weight is 299 g/mol. The van der Waals surface area contributed by atoms with Crippen molar-refractivity contribution in [2.75, 3.05) is 18.4 Å². The second-order valence-corrected chi connectivity index (χ2v) is 4.58. The van der Waals surface area contributed by atoms with Crippen LogP contribution in [0.25, 0.3) is 0 Å². The standard InChI is InChI=1S/C13H19ClN4O2/c1-4-15-11-6-9(10(14)7-17-11)13(20)18-8(3)12(19)16-5-2/h6-8H,4-5H2,1-3H3,(H,15,17)(H,16,19)(H,18,20). The van der Waals surface area contributed by atoms with Crippen LogP contribution in [0.4, 0.5) is 5.82 Å². The maximum absolute atomic E-state index is 12.1. The van der Waals surface area contributed by atoms with Gasteiger partial charge in [0, 0.05) is 19.3 Å². The summed E-state index contributed by atoms with van der Waals surface area (Å²) in [6.07, 6.45) is 1.41. The lowest BCUT2D eigenvalue weighted by Crippen LogP contribution is -2.44. The molecule has 3 N–H and O–H groups in total. The molecule has 0 saturated carbocycles. The van der Waals surface area contributed by atoms with E-state index in [0.717, 1.165) is 0 Å². The SMILES string of the molecule is CCNC(=O)C(C)NC(=O)c1cc(NCC)ncc1Cl. The number of carbonyl (C=O) groups excluding carboxylic acids is 2. The van der Waals surface area contributed by atoms with Crippen LogP contribution in [0.3, 0.4) is 0 Å². The van der Waals surface area contributed by atoms with E-state index in [1.807, 2.05) is 13.8 Å². The summed E-state index contributed by atoms with van der Waals surface area (Å²) >= 11 is 5.96. The maximum atomic E-state index is 12.1. The van der Waals surface area contributed by atoms with Gasteiger partial charge in [-0.3, -0.25) is 9.59 Å². The van der Waals surface area contributed by atoms with E-state index in [0.29, 0.717) is 18.9 Å². The van der Waals surface area contributed by atoms with Crippen LogP contribution in [-0.2, 0) is 4.79 Å². The summed E-state index contributed by atoms with van der Waals surface area (Å²) < 4.78 is 0. The van der Waals surface area contributed by atoms with Crippen molar-refractivity contribution in [1.82, 2.24) is 15.6 Å². The molecule has 0 aliphatic rings. The Hall–Kier alpha value is -1.82. The zero-order valence-corrected chi connectivity index (χ0v) is 12.5. The van der Waals surface area contributed by atoms with Crippen LogP contribution in [0.1, 0.15) is 31.1 Å². The van der Waals surface area contributed by atoms with Gasteiger partial charge in [0.15, 0.2) is 0 Å². The molecule has 1 rings (SSSR count). The molecular weight excluding hydrogens is 280 g/mol. The molecule has 0 fully saturated rings. The van der Waals surface area contributed by atoms with Crippen molar-refractivity contribution in [3.8, 4) is 0 Å².